The molecule has 0 fully saturated rings. The molecule has 4 N–H and O–H groups in total. The monoisotopic (exact) mass is 303 g/mol. The zero-order valence-electron chi connectivity index (χ0n) is 11.8. The van der Waals surface area contributed by atoms with Crippen molar-refractivity contribution >= 4 is 15.9 Å². The number of carbonyl (C=O) groups excluding carboxylic acids is 1. The summed E-state index contributed by atoms with van der Waals surface area (Å²) >= 11 is 0. The Morgan fingerprint density at radius 2 is 2.15 bits per heavy atom. The van der Waals surface area contributed by atoms with Crippen molar-refractivity contribution in [1.29, 1.82) is 0 Å². The van der Waals surface area contributed by atoms with E-state index in [0.717, 1.165) is 0 Å². The molecule has 8 heteroatoms. The lowest BCUT2D eigenvalue weighted by molar-refractivity contribution is 0.0802. The van der Waals surface area contributed by atoms with Gasteiger partial charge in [-0.3, -0.25) is 4.79 Å². The third-order valence-corrected chi connectivity index (χ3v) is 3.75. The van der Waals surface area contributed by atoms with E-state index in [4.69, 9.17) is 9.88 Å². The van der Waals surface area contributed by atoms with E-state index in [1.807, 2.05) is 20.8 Å². The molecule has 1 aromatic heterocycles. The molecule has 0 radical (unpaired) electrons. The van der Waals surface area contributed by atoms with Crippen LogP contribution in [0.5, 0.6) is 0 Å². The molecule has 114 valence electrons. The summed E-state index contributed by atoms with van der Waals surface area (Å²) in [6.45, 7) is 6.78. The van der Waals surface area contributed by atoms with E-state index >= 15 is 0 Å². The van der Waals surface area contributed by atoms with E-state index in [2.05, 4.69) is 10.3 Å². The lowest BCUT2D eigenvalue weighted by Crippen LogP contribution is -2.42. The summed E-state index contributed by atoms with van der Waals surface area (Å²) in [6, 6.07) is 1.06. The van der Waals surface area contributed by atoms with Gasteiger partial charge in [-0.2, -0.15) is 0 Å². The number of H-pyrrole nitrogens is 1. The summed E-state index contributed by atoms with van der Waals surface area (Å²) in [4.78, 5) is 14.5. The minimum absolute atomic E-state index is 0.117. The third-order valence-electron chi connectivity index (χ3n) is 2.85. The van der Waals surface area contributed by atoms with Crippen LogP contribution in [0.1, 0.15) is 31.3 Å². The Bertz CT molecular complexity index is 551. The normalized spacial score (nSPS) is 13.4. The highest BCUT2D eigenvalue weighted by Crippen LogP contribution is 2.10. The molecular formula is C12H21N3O4S. The van der Waals surface area contributed by atoms with E-state index in [1.54, 1.807) is 0 Å². The highest BCUT2D eigenvalue weighted by molar-refractivity contribution is 7.89. The van der Waals surface area contributed by atoms with Crippen molar-refractivity contribution in [2.45, 2.75) is 31.7 Å². The average molecular weight is 303 g/mol. The van der Waals surface area contributed by atoms with Crippen LogP contribution in [0.4, 0.5) is 0 Å². The second-order valence-electron chi connectivity index (χ2n) is 4.78. The molecule has 0 spiro atoms. The SMILES string of the molecule is CCOCC(NC(=O)c1cc(S(N)(=O)=O)c[nH]1)C(C)C. The molecule has 0 aromatic carbocycles. The lowest BCUT2D eigenvalue weighted by Gasteiger charge is -2.21. The first-order valence-electron chi connectivity index (χ1n) is 6.35. The maximum atomic E-state index is 12.0. The van der Waals surface area contributed by atoms with E-state index in [0.29, 0.717) is 13.2 Å². The number of hydrogen-bond acceptors (Lipinski definition) is 4. The molecular weight excluding hydrogens is 282 g/mol. The Labute approximate surface area is 118 Å². The van der Waals surface area contributed by atoms with Crippen LogP contribution < -0.4 is 10.5 Å². The number of sulfonamides is 1. The van der Waals surface area contributed by atoms with Crippen molar-refractivity contribution in [3.63, 3.8) is 0 Å². The molecule has 0 saturated carbocycles. The van der Waals surface area contributed by atoms with E-state index in [9.17, 15) is 13.2 Å². The molecule has 0 aliphatic heterocycles. The molecule has 0 bridgehead atoms. The minimum atomic E-state index is -3.81. The molecule has 1 unspecified atom stereocenters. The number of amides is 1. The van der Waals surface area contributed by atoms with Crippen molar-refractivity contribution in [3.8, 4) is 0 Å². The quantitative estimate of drug-likeness (QED) is 0.678. The average Bonchev–Trinajstić information content (AvgIpc) is 2.83. The predicted molar refractivity (Wildman–Crippen MR) is 74.8 cm³/mol. The fraction of sp³-hybridized carbons (Fsp3) is 0.583. The van der Waals surface area contributed by atoms with Crippen molar-refractivity contribution in [2.24, 2.45) is 11.1 Å². The Morgan fingerprint density at radius 3 is 2.60 bits per heavy atom. The molecule has 7 nitrogen and oxygen atoms in total. The van der Waals surface area contributed by atoms with Crippen LogP contribution in [0.15, 0.2) is 17.2 Å². The maximum absolute atomic E-state index is 12.0. The third kappa shape index (κ3) is 4.62. The number of aromatic amines is 1. The van der Waals surface area contributed by atoms with Crippen LogP contribution in [0.3, 0.4) is 0 Å². The van der Waals surface area contributed by atoms with E-state index in [-0.39, 0.29) is 22.5 Å². The molecule has 1 heterocycles. The van der Waals surface area contributed by atoms with Gasteiger partial charge in [-0.1, -0.05) is 13.8 Å². The number of aromatic nitrogens is 1. The van der Waals surface area contributed by atoms with Gasteiger partial charge < -0.3 is 15.0 Å². The topological polar surface area (TPSA) is 114 Å². The predicted octanol–water partition coefficient (Wildman–Crippen LogP) is 0.453. The summed E-state index contributed by atoms with van der Waals surface area (Å²) in [5.74, 6) is -0.198. The number of nitrogens with one attached hydrogen (secondary N) is 2. The van der Waals surface area contributed by atoms with Crippen molar-refractivity contribution in [1.82, 2.24) is 10.3 Å². The Morgan fingerprint density at radius 1 is 1.50 bits per heavy atom. The molecule has 0 aliphatic carbocycles. The molecule has 1 atom stereocenters. The van der Waals surface area contributed by atoms with Crippen LogP contribution in [-0.4, -0.2) is 38.6 Å². The largest absolute Gasteiger partial charge is 0.380 e. The van der Waals surface area contributed by atoms with Crippen LogP contribution in [-0.2, 0) is 14.8 Å². The van der Waals surface area contributed by atoms with Crippen LogP contribution in [0.2, 0.25) is 0 Å². The Balaban J connectivity index is 2.76. The zero-order chi connectivity index (χ0) is 15.3. The van der Waals surface area contributed by atoms with Crippen LogP contribution in [0, 0.1) is 5.92 Å². The molecule has 20 heavy (non-hydrogen) atoms. The summed E-state index contributed by atoms with van der Waals surface area (Å²) in [5, 5.41) is 7.79. The van der Waals surface area contributed by atoms with Gasteiger partial charge in [-0.15, -0.1) is 0 Å². The van der Waals surface area contributed by atoms with Gasteiger partial charge in [0.05, 0.1) is 17.5 Å². The zero-order valence-corrected chi connectivity index (χ0v) is 12.7. The van der Waals surface area contributed by atoms with Gasteiger partial charge in [0, 0.05) is 12.8 Å². The number of nitrogens with two attached hydrogens (primary N) is 1. The first kappa shape index (κ1) is 16.7. The first-order chi connectivity index (χ1) is 9.25. The van der Waals surface area contributed by atoms with E-state index in [1.165, 1.54) is 12.3 Å². The fourth-order valence-corrected chi connectivity index (χ4v) is 2.07. The van der Waals surface area contributed by atoms with Gasteiger partial charge >= 0.3 is 0 Å². The van der Waals surface area contributed by atoms with Gasteiger partial charge in [0.15, 0.2) is 0 Å². The Kier molecular flexibility index (Phi) is 5.73. The maximum Gasteiger partial charge on any atom is 0.268 e. The summed E-state index contributed by atoms with van der Waals surface area (Å²) in [7, 11) is -3.81. The second-order valence-corrected chi connectivity index (χ2v) is 6.34. The van der Waals surface area contributed by atoms with Gasteiger partial charge in [0.2, 0.25) is 10.0 Å². The van der Waals surface area contributed by atoms with Crippen molar-refractivity contribution in [3.05, 3.63) is 18.0 Å². The molecule has 1 aromatic rings. The smallest absolute Gasteiger partial charge is 0.268 e. The van der Waals surface area contributed by atoms with Crippen molar-refractivity contribution in [2.75, 3.05) is 13.2 Å². The molecule has 0 saturated heterocycles. The lowest BCUT2D eigenvalue weighted by atomic mass is 10.1. The first-order valence-corrected chi connectivity index (χ1v) is 7.90. The molecule has 0 aliphatic rings. The summed E-state index contributed by atoms with van der Waals surface area (Å²) in [5.41, 5.74) is 0.149. The number of hydrogen-bond donors (Lipinski definition) is 3. The Hall–Kier alpha value is -1.38. The number of carbonyl (C=O) groups is 1. The molecule has 1 rings (SSSR count). The second kappa shape index (κ2) is 6.87. The summed E-state index contributed by atoms with van der Waals surface area (Å²) < 4.78 is 27.6. The van der Waals surface area contributed by atoms with Crippen molar-refractivity contribution < 1.29 is 17.9 Å². The number of rotatable bonds is 7. The van der Waals surface area contributed by atoms with Gasteiger partial charge in [0.1, 0.15) is 5.69 Å². The standard InChI is InChI=1S/C12H21N3O4S/c1-4-19-7-11(8(2)3)15-12(16)10-5-9(6-14-10)20(13,17)18/h5-6,8,11,14H,4,7H2,1-3H3,(H,15,16)(H2,13,17,18). The fourth-order valence-electron chi connectivity index (χ4n) is 1.56. The number of primary sulfonamides is 1. The highest BCUT2D eigenvalue weighted by atomic mass is 32.2. The number of ether oxygens (including phenoxy) is 1. The minimum Gasteiger partial charge on any atom is -0.380 e. The highest BCUT2D eigenvalue weighted by Gasteiger charge is 2.20. The van der Waals surface area contributed by atoms with Gasteiger partial charge in [0.25, 0.3) is 5.91 Å². The van der Waals surface area contributed by atoms with E-state index < -0.39 is 15.9 Å². The van der Waals surface area contributed by atoms with Crippen LogP contribution >= 0.6 is 0 Å². The van der Waals surface area contributed by atoms with Crippen LogP contribution in [0.25, 0.3) is 0 Å². The van der Waals surface area contributed by atoms with Gasteiger partial charge in [-0.25, -0.2) is 13.6 Å². The molecule has 1 amide bonds. The van der Waals surface area contributed by atoms with Gasteiger partial charge in [-0.05, 0) is 18.9 Å². The summed E-state index contributed by atoms with van der Waals surface area (Å²) in [6.07, 6.45) is 1.19.